The fraction of sp³-hybridized carbons (Fsp3) is 0.368. The highest BCUT2D eigenvalue weighted by Gasteiger charge is 2.46. The molecular formula is C19H19NO3. The smallest absolute Gasteiger partial charge is 0.129 e. The summed E-state index contributed by atoms with van der Waals surface area (Å²) in [5.74, 6) is 1.51. The molecule has 4 heteroatoms. The van der Waals surface area contributed by atoms with Crippen molar-refractivity contribution >= 4 is 0 Å². The van der Waals surface area contributed by atoms with Crippen molar-refractivity contribution in [3.63, 3.8) is 0 Å². The van der Waals surface area contributed by atoms with E-state index in [1.54, 1.807) is 0 Å². The van der Waals surface area contributed by atoms with E-state index < -0.39 is 0 Å². The second kappa shape index (κ2) is 5.69. The monoisotopic (exact) mass is 309 g/mol. The molecule has 0 aromatic heterocycles. The first-order valence-corrected chi connectivity index (χ1v) is 8.10. The van der Waals surface area contributed by atoms with E-state index in [1.807, 2.05) is 48.5 Å². The molecule has 1 spiro atoms. The van der Waals surface area contributed by atoms with Crippen LogP contribution in [0.4, 0.5) is 0 Å². The Bertz CT molecular complexity index is 710. The van der Waals surface area contributed by atoms with Crippen LogP contribution in [0.2, 0.25) is 0 Å². The molecule has 2 aromatic carbocycles. The predicted molar refractivity (Wildman–Crippen MR) is 87.6 cm³/mol. The molecule has 0 radical (unpaired) electrons. The summed E-state index contributed by atoms with van der Waals surface area (Å²) in [5, 5.41) is 3.32. The van der Waals surface area contributed by atoms with Crippen LogP contribution in [0.25, 0.3) is 0 Å². The van der Waals surface area contributed by atoms with Gasteiger partial charge in [0.15, 0.2) is 0 Å². The first-order valence-electron chi connectivity index (χ1n) is 8.10. The second-order valence-corrected chi connectivity index (χ2v) is 6.44. The number of nitrogens with zero attached hydrogens (tertiary/aromatic N) is 1. The van der Waals surface area contributed by atoms with Gasteiger partial charge in [0.05, 0.1) is 0 Å². The molecule has 0 amide bonds. The molecule has 1 unspecified atom stereocenters. The van der Waals surface area contributed by atoms with Crippen LogP contribution in [-0.2, 0) is 6.61 Å². The molecule has 1 aliphatic carbocycles. The Balaban J connectivity index is 1.55. The zero-order chi connectivity index (χ0) is 15.7. The quantitative estimate of drug-likeness (QED) is 0.764. The van der Waals surface area contributed by atoms with Gasteiger partial charge in [-0.2, -0.15) is 4.91 Å². The molecule has 0 saturated heterocycles. The SMILES string of the molecule is O=NC1CC2(CCC2)Oc2cc(OCc3ccccc3)ccc21. The Morgan fingerprint density at radius 3 is 2.70 bits per heavy atom. The van der Waals surface area contributed by atoms with Gasteiger partial charge in [0.1, 0.15) is 29.7 Å². The highest BCUT2D eigenvalue weighted by molar-refractivity contribution is 5.45. The van der Waals surface area contributed by atoms with Gasteiger partial charge < -0.3 is 9.47 Å². The number of benzene rings is 2. The lowest BCUT2D eigenvalue weighted by atomic mass is 9.73. The average molecular weight is 309 g/mol. The predicted octanol–water partition coefficient (Wildman–Crippen LogP) is 4.78. The Morgan fingerprint density at radius 1 is 1.17 bits per heavy atom. The third-order valence-corrected chi connectivity index (χ3v) is 4.88. The number of rotatable bonds is 4. The topological polar surface area (TPSA) is 47.9 Å². The normalized spacial score (nSPS) is 21.0. The largest absolute Gasteiger partial charge is 0.489 e. The van der Waals surface area contributed by atoms with Crippen LogP contribution in [0.1, 0.15) is 42.9 Å². The van der Waals surface area contributed by atoms with Crippen LogP contribution >= 0.6 is 0 Å². The van der Waals surface area contributed by atoms with Gasteiger partial charge >= 0.3 is 0 Å². The van der Waals surface area contributed by atoms with Gasteiger partial charge in [-0.1, -0.05) is 35.5 Å². The number of fused-ring (bicyclic) bond motifs is 1. The van der Waals surface area contributed by atoms with E-state index in [2.05, 4.69) is 5.18 Å². The summed E-state index contributed by atoms with van der Waals surface area (Å²) in [4.78, 5) is 11.2. The molecule has 23 heavy (non-hydrogen) atoms. The fourth-order valence-electron chi connectivity index (χ4n) is 3.42. The number of hydrogen-bond donors (Lipinski definition) is 0. The van der Waals surface area contributed by atoms with Crippen LogP contribution in [0, 0.1) is 4.91 Å². The lowest BCUT2D eigenvalue weighted by Crippen LogP contribution is -2.46. The number of ether oxygens (including phenoxy) is 2. The second-order valence-electron chi connectivity index (χ2n) is 6.44. The van der Waals surface area contributed by atoms with Crippen molar-refractivity contribution in [2.24, 2.45) is 5.18 Å². The molecule has 118 valence electrons. The Hall–Kier alpha value is -2.36. The first kappa shape index (κ1) is 14.2. The summed E-state index contributed by atoms with van der Waals surface area (Å²) in [6.45, 7) is 0.514. The van der Waals surface area contributed by atoms with Gasteiger partial charge in [0.25, 0.3) is 0 Å². The van der Waals surface area contributed by atoms with E-state index in [1.165, 1.54) is 0 Å². The minimum absolute atomic E-state index is 0.177. The maximum atomic E-state index is 11.2. The van der Waals surface area contributed by atoms with Gasteiger partial charge in [0, 0.05) is 18.1 Å². The van der Waals surface area contributed by atoms with E-state index >= 15 is 0 Å². The molecule has 1 saturated carbocycles. The average Bonchev–Trinajstić information content (AvgIpc) is 2.58. The zero-order valence-electron chi connectivity index (χ0n) is 12.9. The highest BCUT2D eigenvalue weighted by atomic mass is 16.5. The molecule has 2 aromatic rings. The zero-order valence-corrected chi connectivity index (χ0v) is 12.9. The van der Waals surface area contributed by atoms with Gasteiger partial charge in [0.2, 0.25) is 0 Å². The van der Waals surface area contributed by atoms with Gasteiger partial charge in [-0.3, -0.25) is 0 Å². The Morgan fingerprint density at radius 2 is 2.00 bits per heavy atom. The standard InChI is InChI=1S/C19H19NO3/c21-20-17-12-19(9-4-10-19)23-18-11-15(7-8-16(17)18)22-13-14-5-2-1-3-6-14/h1-3,5-8,11,17H,4,9-10,12-13H2. The highest BCUT2D eigenvalue weighted by Crippen LogP contribution is 2.50. The third-order valence-electron chi connectivity index (χ3n) is 4.88. The summed E-state index contributed by atoms with van der Waals surface area (Å²) in [7, 11) is 0. The van der Waals surface area contributed by atoms with Crippen LogP contribution in [0.5, 0.6) is 11.5 Å². The van der Waals surface area contributed by atoms with E-state index in [9.17, 15) is 4.91 Å². The molecule has 1 aliphatic heterocycles. The number of nitroso groups, excluding NO2 is 1. The van der Waals surface area contributed by atoms with Crippen molar-refractivity contribution in [3.8, 4) is 11.5 Å². The number of hydrogen-bond acceptors (Lipinski definition) is 4. The molecule has 4 nitrogen and oxygen atoms in total. The molecule has 0 bridgehead atoms. The van der Waals surface area contributed by atoms with Crippen molar-refractivity contribution in [2.75, 3.05) is 0 Å². The fourth-order valence-corrected chi connectivity index (χ4v) is 3.42. The summed E-state index contributed by atoms with van der Waals surface area (Å²) < 4.78 is 12.1. The minimum Gasteiger partial charge on any atom is -0.489 e. The molecule has 1 heterocycles. The van der Waals surface area contributed by atoms with Crippen LogP contribution in [0.15, 0.2) is 53.7 Å². The molecule has 1 fully saturated rings. The van der Waals surface area contributed by atoms with Crippen molar-refractivity contribution in [2.45, 2.75) is 43.9 Å². The molecular weight excluding hydrogens is 290 g/mol. The van der Waals surface area contributed by atoms with Crippen LogP contribution < -0.4 is 9.47 Å². The lowest BCUT2D eigenvalue weighted by molar-refractivity contribution is -0.0330. The lowest BCUT2D eigenvalue weighted by Gasteiger charge is -2.46. The van der Waals surface area contributed by atoms with Crippen molar-refractivity contribution < 1.29 is 9.47 Å². The third kappa shape index (κ3) is 2.69. The maximum Gasteiger partial charge on any atom is 0.129 e. The molecule has 0 N–H and O–H groups in total. The van der Waals surface area contributed by atoms with Crippen molar-refractivity contribution in [1.82, 2.24) is 0 Å². The molecule has 4 rings (SSSR count). The summed E-state index contributed by atoms with van der Waals surface area (Å²) >= 11 is 0. The Kier molecular flexibility index (Phi) is 3.52. The van der Waals surface area contributed by atoms with Gasteiger partial charge in [-0.15, -0.1) is 0 Å². The molecule has 1 atom stereocenters. The summed E-state index contributed by atoms with van der Waals surface area (Å²) in [6.07, 6.45) is 3.87. The minimum atomic E-state index is -0.303. The van der Waals surface area contributed by atoms with Gasteiger partial charge in [-0.25, -0.2) is 0 Å². The van der Waals surface area contributed by atoms with E-state index in [-0.39, 0.29) is 11.6 Å². The first-order chi connectivity index (χ1) is 11.3. The Labute approximate surface area is 135 Å². The summed E-state index contributed by atoms with van der Waals surface area (Å²) in [5.41, 5.74) is 1.82. The van der Waals surface area contributed by atoms with E-state index in [0.717, 1.165) is 41.9 Å². The summed E-state index contributed by atoms with van der Waals surface area (Å²) in [6, 6.07) is 15.4. The van der Waals surface area contributed by atoms with Crippen molar-refractivity contribution in [3.05, 3.63) is 64.6 Å². The van der Waals surface area contributed by atoms with E-state index in [4.69, 9.17) is 9.47 Å². The molecule has 2 aliphatic rings. The van der Waals surface area contributed by atoms with Crippen LogP contribution in [0.3, 0.4) is 0 Å². The van der Waals surface area contributed by atoms with E-state index in [0.29, 0.717) is 13.0 Å². The van der Waals surface area contributed by atoms with Crippen molar-refractivity contribution in [1.29, 1.82) is 0 Å². The maximum absolute atomic E-state index is 11.2. The van der Waals surface area contributed by atoms with Gasteiger partial charge in [-0.05, 0) is 37.0 Å². The van der Waals surface area contributed by atoms with Crippen LogP contribution in [-0.4, -0.2) is 5.60 Å².